The molecule has 0 unspecified atom stereocenters. The first-order valence-corrected chi connectivity index (χ1v) is 14.0. The van der Waals surface area contributed by atoms with Gasteiger partial charge in [-0.05, 0) is 85.0 Å². The number of rotatable bonds is 4. The van der Waals surface area contributed by atoms with Crippen LogP contribution < -0.4 is 4.90 Å². The molecule has 5 rings (SSSR count). The predicted octanol–water partition coefficient (Wildman–Crippen LogP) is 6.57. The summed E-state index contributed by atoms with van der Waals surface area (Å²) in [4.78, 5) is 25.9. The zero-order valence-electron chi connectivity index (χ0n) is 23.4. The van der Waals surface area contributed by atoms with Gasteiger partial charge in [0, 0.05) is 45.5 Å². The van der Waals surface area contributed by atoms with Gasteiger partial charge in [-0.15, -0.1) is 0 Å². The minimum atomic E-state index is -0.190. The molecule has 3 saturated carbocycles. The molecule has 0 aliphatic heterocycles. The summed E-state index contributed by atoms with van der Waals surface area (Å²) in [5, 5.41) is 0. The van der Waals surface area contributed by atoms with Crippen molar-refractivity contribution in [1.29, 1.82) is 0 Å². The van der Waals surface area contributed by atoms with Gasteiger partial charge in [0.15, 0.2) is 0 Å². The van der Waals surface area contributed by atoms with Crippen LogP contribution in [0.15, 0.2) is 41.5 Å². The van der Waals surface area contributed by atoms with E-state index >= 15 is 0 Å². The molecule has 0 heterocycles. The Morgan fingerprint density at radius 1 is 0.946 bits per heavy atom. The van der Waals surface area contributed by atoms with E-state index < -0.39 is 0 Å². The van der Waals surface area contributed by atoms with Crippen molar-refractivity contribution in [1.82, 2.24) is 0 Å². The largest absolute Gasteiger partial charge is 0.462 e. The topological polar surface area (TPSA) is 55.8 Å². The smallest absolute Gasteiger partial charge is 0.303 e. The first-order valence-electron chi connectivity index (χ1n) is 14.0. The number of fused-ring (bicyclic) bond motifs is 5. The maximum absolute atomic E-state index is 12.3. The lowest BCUT2D eigenvalue weighted by Crippen LogP contribution is -2.51. The average Bonchev–Trinajstić information content (AvgIpc) is 3.10. The van der Waals surface area contributed by atoms with Crippen LogP contribution in [-0.2, 0) is 19.1 Å². The molecule has 0 saturated heterocycles. The second-order valence-electron chi connectivity index (χ2n) is 12.7. The maximum Gasteiger partial charge on any atom is 0.303 e. The van der Waals surface area contributed by atoms with E-state index in [1.54, 1.807) is 6.92 Å². The number of allylic oxidation sites excluding steroid dienone is 1. The van der Waals surface area contributed by atoms with Gasteiger partial charge in [0.25, 0.3) is 0 Å². The fourth-order valence-corrected chi connectivity index (χ4v) is 8.40. The summed E-state index contributed by atoms with van der Waals surface area (Å²) in [6, 6.07) is 8.62. The average molecular weight is 506 g/mol. The Balaban J connectivity index is 1.45. The summed E-state index contributed by atoms with van der Waals surface area (Å²) in [6.45, 7) is 7.90. The molecule has 3 fully saturated rings. The van der Waals surface area contributed by atoms with Crippen LogP contribution in [0.25, 0.3) is 6.08 Å². The first-order chi connectivity index (χ1) is 17.5. The van der Waals surface area contributed by atoms with Crippen LogP contribution in [0.3, 0.4) is 0 Å². The van der Waals surface area contributed by atoms with Gasteiger partial charge in [0.1, 0.15) is 12.2 Å². The van der Waals surface area contributed by atoms with Crippen LogP contribution in [0.2, 0.25) is 0 Å². The van der Waals surface area contributed by atoms with Crippen molar-refractivity contribution in [3.63, 3.8) is 0 Å². The van der Waals surface area contributed by atoms with E-state index in [1.165, 1.54) is 23.8 Å². The number of hydrogen-bond donors (Lipinski definition) is 0. The number of nitrogens with zero attached hydrogens (tertiary/aromatic N) is 1. The normalized spacial score (nSPS) is 37.6. The number of anilines is 1. The number of carbonyl (C=O) groups is 2. The molecule has 0 N–H and O–H groups in total. The van der Waals surface area contributed by atoms with Crippen LogP contribution in [0.4, 0.5) is 5.69 Å². The number of benzene rings is 1. The molecule has 4 aliphatic carbocycles. The molecule has 4 aliphatic rings. The number of hydrogen-bond acceptors (Lipinski definition) is 5. The molecule has 7 atom stereocenters. The minimum absolute atomic E-state index is 0.0236. The van der Waals surface area contributed by atoms with Gasteiger partial charge in [-0.2, -0.15) is 0 Å². The monoisotopic (exact) mass is 505 g/mol. The van der Waals surface area contributed by atoms with Crippen molar-refractivity contribution >= 4 is 23.7 Å². The molecule has 0 bridgehead atoms. The molecule has 0 radical (unpaired) electrons. The molecule has 5 nitrogen and oxygen atoms in total. The lowest BCUT2D eigenvalue weighted by molar-refractivity contribution is -0.154. The number of carbonyl (C=O) groups excluding carboxylic acids is 2. The van der Waals surface area contributed by atoms with Gasteiger partial charge >= 0.3 is 11.9 Å². The molecule has 200 valence electrons. The molecular weight excluding hydrogens is 462 g/mol. The summed E-state index contributed by atoms with van der Waals surface area (Å²) >= 11 is 0. The van der Waals surface area contributed by atoms with Crippen molar-refractivity contribution in [2.24, 2.45) is 28.6 Å². The lowest BCUT2D eigenvalue weighted by Gasteiger charge is -2.57. The Morgan fingerprint density at radius 2 is 1.65 bits per heavy atom. The quantitative estimate of drug-likeness (QED) is 0.342. The van der Waals surface area contributed by atoms with Crippen molar-refractivity contribution in [3.8, 4) is 0 Å². The summed E-state index contributed by atoms with van der Waals surface area (Å²) in [5.41, 5.74) is 5.24. The van der Waals surface area contributed by atoms with Gasteiger partial charge in [0.2, 0.25) is 0 Å². The highest BCUT2D eigenvalue weighted by Crippen LogP contribution is 2.66. The van der Waals surface area contributed by atoms with Crippen LogP contribution in [0.5, 0.6) is 0 Å². The third-order valence-corrected chi connectivity index (χ3v) is 10.3. The summed E-state index contributed by atoms with van der Waals surface area (Å²) in [7, 11) is 4.10. The second-order valence-corrected chi connectivity index (χ2v) is 12.7. The fraction of sp³-hybridized carbons (Fsp3) is 0.625. The minimum Gasteiger partial charge on any atom is -0.462 e. The molecule has 0 amide bonds. The van der Waals surface area contributed by atoms with E-state index in [0.29, 0.717) is 17.8 Å². The highest BCUT2D eigenvalue weighted by atomic mass is 16.5. The number of ether oxygens (including phenoxy) is 2. The zero-order valence-corrected chi connectivity index (χ0v) is 23.4. The van der Waals surface area contributed by atoms with E-state index in [0.717, 1.165) is 50.5 Å². The molecule has 37 heavy (non-hydrogen) atoms. The Kier molecular flexibility index (Phi) is 6.79. The summed E-state index contributed by atoms with van der Waals surface area (Å²) < 4.78 is 11.7. The summed E-state index contributed by atoms with van der Waals surface area (Å²) in [6.07, 6.45) is 11.8. The fourth-order valence-electron chi connectivity index (χ4n) is 8.40. The molecular formula is C32H43NO4. The van der Waals surface area contributed by atoms with Crippen molar-refractivity contribution in [3.05, 3.63) is 47.1 Å². The van der Waals surface area contributed by atoms with Crippen molar-refractivity contribution in [2.75, 3.05) is 19.0 Å². The van der Waals surface area contributed by atoms with Gasteiger partial charge < -0.3 is 14.4 Å². The van der Waals surface area contributed by atoms with Gasteiger partial charge in [0.05, 0.1) is 0 Å². The molecule has 1 aromatic carbocycles. The van der Waals surface area contributed by atoms with Crippen LogP contribution in [0.1, 0.15) is 78.2 Å². The number of esters is 2. The third-order valence-electron chi connectivity index (χ3n) is 10.3. The molecule has 5 heteroatoms. The van der Waals surface area contributed by atoms with Crippen molar-refractivity contribution < 1.29 is 19.1 Å². The predicted molar refractivity (Wildman–Crippen MR) is 147 cm³/mol. The van der Waals surface area contributed by atoms with Gasteiger partial charge in [-0.3, -0.25) is 9.59 Å². The first kappa shape index (κ1) is 26.1. The van der Waals surface area contributed by atoms with Crippen LogP contribution >= 0.6 is 0 Å². The highest BCUT2D eigenvalue weighted by Gasteiger charge is 2.61. The van der Waals surface area contributed by atoms with Gasteiger partial charge in [-0.1, -0.05) is 43.7 Å². The second kappa shape index (κ2) is 9.63. The highest BCUT2D eigenvalue weighted by molar-refractivity contribution is 5.68. The van der Waals surface area contributed by atoms with E-state index in [4.69, 9.17) is 9.47 Å². The molecule has 0 spiro atoms. The SMILES string of the molecule is CC(=O)O[C@H]1CC[C@@]2(C)C(=CC[C@H]3[C@@H]4C/C(=C\c5ccc(N(C)C)cc5)[C@H](OC(C)=O)[C@@]4(C)CC[C@@H]32)C1. The van der Waals surface area contributed by atoms with E-state index in [1.807, 2.05) is 0 Å². The lowest BCUT2D eigenvalue weighted by atomic mass is 9.48. The zero-order chi connectivity index (χ0) is 26.5. The Morgan fingerprint density at radius 3 is 2.30 bits per heavy atom. The molecule has 0 aromatic heterocycles. The summed E-state index contributed by atoms with van der Waals surface area (Å²) in [5.74, 6) is 1.33. The molecule has 1 aromatic rings. The van der Waals surface area contributed by atoms with Crippen molar-refractivity contribution in [2.45, 2.75) is 84.8 Å². The van der Waals surface area contributed by atoms with Crippen LogP contribution in [-0.4, -0.2) is 38.2 Å². The van der Waals surface area contributed by atoms with E-state index in [2.05, 4.69) is 69.3 Å². The van der Waals surface area contributed by atoms with E-state index in [9.17, 15) is 9.59 Å². The maximum atomic E-state index is 12.3. The van der Waals surface area contributed by atoms with Crippen LogP contribution in [0, 0.1) is 28.6 Å². The Bertz CT molecular complexity index is 1120. The van der Waals surface area contributed by atoms with Gasteiger partial charge in [-0.25, -0.2) is 0 Å². The Labute approximate surface area is 222 Å². The van der Waals surface area contributed by atoms with E-state index in [-0.39, 0.29) is 35.0 Å². The standard InChI is InChI=1S/C32H43NO4/c1-20(34)36-26-13-15-31(3)24(19-26)9-12-27-28(31)14-16-32(4)29(27)18-23(30(32)37-21(2)35)17-22-7-10-25(11-8-22)33(5)6/h7-11,17,26-30H,12-16,18-19H2,1-6H3/b23-17+/t26-,27+,28-,29-,30-,31-,32-/m0/s1. The Hall–Kier alpha value is -2.56. The third kappa shape index (κ3) is 4.64.